The van der Waals surface area contributed by atoms with Crippen LogP contribution in [0.25, 0.3) is 0 Å². The lowest BCUT2D eigenvalue weighted by Gasteiger charge is -2.23. The largest absolute Gasteiger partial charge is 0.449 e. The van der Waals surface area contributed by atoms with Crippen molar-refractivity contribution >= 4 is 21.7 Å². The second-order valence-corrected chi connectivity index (χ2v) is 8.43. The fourth-order valence-electron chi connectivity index (χ4n) is 1.81. The van der Waals surface area contributed by atoms with Gasteiger partial charge >= 0.3 is 5.97 Å². The maximum absolute atomic E-state index is 12.2. The number of nitrogens with one attached hydrogen (secondary N) is 1. The van der Waals surface area contributed by atoms with E-state index in [1.54, 1.807) is 6.07 Å². The lowest BCUT2D eigenvalue weighted by molar-refractivity contribution is -0.130. The first-order valence-corrected chi connectivity index (χ1v) is 8.98. The van der Waals surface area contributed by atoms with Crippen molar-refractivity contribution in [3.63, 3.8) is 0 Å². The molecule has 0 aliphatic rings. The smallest absolute Gasteiger partial charge is 0.340 e. The molecule has 1 aromatic rings. The van der Waals surface area contributed by atoms with Crippen molar-refractivity contribution in [1.82, 2.24) is 5.32 Å². The molecule has 0 unspecified atom stereocenters. The molecule has 0 bridgehead atoms. The Morgan fingerprint density at radius 3 is 2.30 bits per heavy atom. The minimum absolute atomic E-state index is 0.0650. The van der Waals surface area contributed by atoms with E-state index in [2.05, 4.69) is 5.32 Å². The number of ether oxygens (including phenoxy) is 1. The molecule has 1 N–H and O–H groups in total. The quantitative estimate of drug-likeness (QED) is 0.827. The molecule has 0 saturated carbocycles. The van der Waals surface area contributed by atoms with Crippen molar-refractivity contribution in [1.29, 1.82) is 0 Å². The van der Waals surface area contributed by atoms with E-state index in [0.29, 0.717) is 0 Å². The van der Waals surface area contributed by atoms with Crippen LogP contribution in [0.2, 0.25) is 0 Å². The predicted molar refractivity (Wildman–Crippen MR) is 86.9 cm³/mol. The Balaban J connectivity index is 2.98. The average Bonchev–Trinajstić information content (AvgIpc) is 2.45. The average molecular weight is 341 g/mol. The molecule has 23 heavy (non-hydrogen) atoms. The number of rotatable bonds is 5. The van der Waals surface area contributed by atoms with Crippen molar-refractivity contribution in [3.05, 3.63) is 29.8 Å². The maximum Gasteiger partial charge on any atom is 0.340 e. The number of amides is 1. The summed E-state index contributed by atoms with van der Waals surface area (Å²) < 4.78 is 29.2. The Kier molecular flexibility index (Phi) is 5.93. The minimum Gasteiger partial charge on any atom is -0.449 e. The Bertz CT molecular complexity index is 689. The molecule has 128 valence electrons. The van der Waals surface area contributed by atoms with Crippen molar-refractivity contribution in [3.8, 4) is 0 Å². The van der Waals surface area contributed by atoms with E-state index >= 15 is 0 Å². The number of hydrogen-bond donors (Lipinski definition) is 1. The highest BCUT2D eigenvalue weighted by molar-refractivity contribution is 7.91. The number of sulfone groups is 1. The minimum atomic E-state index is -3.56. The van der Waals surface area contributed by atoms with E-state index in [1.807, 2.05) is 20.8 Å². The zero-order chi connectivity index (χ0) is 17.8. The predicted octanol–water partition coefficient (Wildman–Crippen LogP) is 1.94. The van der Waals surface area contributed by atoms with E-state index < -0.39 is 33.4 Å². The van der Waals surface area contributed by atoms with Gasteiger partial charge in [0, 0.05) is 5.54 Å². The molecule has 0 fully saturated rings. The lowest BCUT2D eigenvalue weighted by atomic mass is 10.1. The molecule has 0 spiro atoms. The van der Waals surface area contributed by atoms with Gasteiger partial charge in [0.2, 0.25) is 0 Å². The molecule has 0 heterocycles. The van der Waals surface area contributed by atoms with Crippen LogP contribution in [0.15, 0.2) is 29.2 Å². The standard InChI is InChI=1S/C16H23NO5S/c1-6-23(20,21)13-10-8-7-9-12(13)15(19)22-11(2)14(18)17-16(3,4)5/h7-11H,6H2,1-5H3,(H,17,18)/t11-/m0/s1. The lowest BCUT2D eigenvalue weighted by Crippen LogP contribution is -2.46. The first kappa shape index (κ1) is 19.2. The molecule has 1 aromatic carbocycles. The molecule has 0 aliphatic carbocycles. The normalized spacial score (nSPS) is 13.3. The fourth-order valence-corrected chi connectivity index (χ4v) is 2.89. The first-order chi connectivity index (χ1) is 10.5. The summed E-state index contributed by atoms with van der Waals surface area (Å²) in [6.07, 6.45) is -1.03. The molecule has 0 radical (unpaired) electrons. The van der Waals surface area contributed by atoms with Crippen LogP contribution in [0.5, 0.6) is 0 Å². The van der Waals surface area contributed by atoms with E-state index in [-0.39, 0.29) is 16.2 Å². The van der Waals surface area contributed by atoms with Crippen LogP contribution in [0, 0.1) is 0 Å². The number of carbonyl (C=O) groups excluding carboxylic acids is 2. The highest BCUT2D eigenvalue weighted by Gasteiger charge is 2.26. The molecule has 6 nitrogen and oxygen atoms in total. The Hall–Kier alpha value is -1.89. The summed E-state index contributed by atoms with van der Waals surface area (Å²) in [5, 5.41) is 2.70. The molecule has 0 aromatic heterocycles. The zero-order valence-electron chi connectivity index (χ0n) is 14.0. The van der Waals surface area contributed by atoms with Crippen LogP contribution >= 0.6 is 0 Å². The van der Waals surface area contributed by atoms with Gasteiger partial charge in [-0.1, -0.05) is 19.1 Å². The van der Waals surface area contributed by atoms with Crippen molar-refractivity contribution in [2.24, 2.45) is 0 Å². The molecule has 0 saturated heterocycles. The van der Waals surface area contributed by atoms with Gasteiger partial charge in [-0.2, -0.15) is 0 Å². The topological polar surface area (TPSA) is 89.5 Å². The van der Waals surface area contributed by atoms with Crippen molar-refractivity contribution in [2.75, 3.05) is 5.75 Å². The molecular weight excluding hydrogens is 318 g/mol. The third kappa shape index (κ3) is 5.35. The molecule has 0 aliphatic heterocycles. The fraction of sp³-hybridized carbons (Fsp3) is 0.500. The zero-order valence-corrected chi connectivity index (χ0v) is 14.9. The van der Waals surface area contributed by atoms with E-state index in [1.165, 1.54) is 32.0 Å². The molecule has 1 atom stereocenters. The Morgan fingerprint density at radius 2 is 1.78 bits per heavy atom. The van der Waals surface area contributed by atoms with Crippen LogP contribution in [0.3, 0.4) is 0 Å². The maximum atomic E-state index is 12.2. The van der Waals surface area contributed by atoms with Gasteiger partial charge < -0.3 is 10.1 Å². The van der Waals surface area contributed by atoms with E-state index in [4.69, 9.17) is 4.74 Å². The third-order valence-corrected chi connectivity index (χ3v) is 4.76. The van der Waals surface area contributed by atoms with Gasteiger partial charge in [-0.3, -0.25) is 4.79 Å². The number of carbonyl (C=O) groups is 2. The summed E-state index contributed by atoms with van der Waals surface area (Å²) in [5.41, 5.74) is -0.522. The van der Waals surface area contributed by atoms with Crippen LogP contribution in [-0.4, -0.2) is 37.7 Å². The van der Waals surface area contributed by atoms with Crippen LogP contribution in [-0.2, 0) is 19.4 Å². The summed E-state index contributed by atoms with van der Waals surface area (Å²) in [4.78, 5) is 24.1. The molecule has 7 heteroatoms. The SMILES string of the molecule is CCS(=O)(=O)c1ccccc1C(=O)O[C@@H](C)C(=O)NC(C)(C)C. The monoisotopic (exact) mass is 341 g/mol. The van der Waals surface area contributed by atoms with E-state index in [9.17, 15) is 18.0 Å². The molecular formula is C16H23NO5S. The van der Waals surface area contributed by atoms with Gasteiger partial charge in [-0.25, -0.2) is 13.2 Å². The van der Waals surface area contributed by atoms with Gasteiger partial charge in [0.15, 0.2) is 15.9 Å². The molecule has 1 rings (SSSR count). The van der Waals surface area contributed by atoms with Crippen LogP contribution in [0.4, 0.5) is 0 Å². The summed E-state index contributed by atoms with van der Waals surface area (Å²) in [7, 11) is -3.56. The van der Waals surface area contributed by atoms with Gasteiger partial charge in [0.05, 0.1) is 16.2 Å². The highest BCUT2D eigenvalue weighted by atomic mass is 32.2. The van der Waals surface area contributed by atoms with Gasteiger partial charge in [-0.15, -0.1) is 0 Å². The summed E-state index contributed by atoms with van der Waals surface area (Å²) in [6, 6.07) is 5.81. The number of benzene rings is 1. The second kappa shape index (κ2) is 7.12. The number of esters is 1. The van der Waals surface area contributed by atoms with Crippen molar-refractivity contribution in [2.45, 2.75) is 51.2 Å². The summed E-state index contributed by atoms with van der Waals surface area (Å²) in [5.74, 6) is -1.41. The molecule has 1 amide bonds. The van der Waals surface area contributed by atoms with E-state index in [0.717, 1.165) is 0 Å². The Morgan fingerprint density at radius 1 is 1.22 bits per heavy atom. The summed E-state index contributed by atoms with van der Waals surface area (Å²) in [6.45, 7) is 8.36. The van der Waals surface area contributed by atoms with Gasteiger partial charge in [0.25, 0.3) is 5.91 Å². The summed E-state index contributed by atoms with van der Waals surface area (Å²) >= 11 is 0. The number of hydrogen-bond acceptors (Lipinski definition) is 5. The third-order valence-electron chi connectivity index (χ3n) is 2.97. The first-order valence-electron chi connectivity index (χ1n) is 7.32. The second-order valence-electron chi connectivity index (χ2n) is 6.19. The van der Waals surface area contributed by atoms with Crippen LogP contribution in [0.1, 0.15) is 45.0 Å². The van der Waals surface area contributed by atoms with Gasteiger partial charge in [-0.05, 0) is 39.8 Å². The van der Waals surface area contributed by atoms with Crippen LogP contribution < -0.4 is 5.32 Å². The van der Waals surface area contributed by atoms with Crippen molar-refractivity contribution < 1.29 is 22.7 Å². The van der Waals surface area contributed by atoms with Gasteiger partial charge in [0.1, 0.15) is 0 Å². The Labute approximate surface area is 137 Å². The highest BCUT2D eigenvalue weighted by Crippen LogP contribution is 2.18.